The summed E-state index contributed by atoms with van der Waals surface area (Å²) in [4.78, 5) is 31.1. The SMILES string of the molecule is CCCn1nc(C(=O)O)c2c1CCC(N1Cc3nc(C)n(C)c(=O)c3C1)C2. The molecule has 0 amide bonds. The Balaban J connectivity index is 1.62. The number of aromatic nitrogens is 4. The van der Waals surface area contributed by atoms with Gasteiger partial charge < -0.3 is 5.11 Å². The van der Waals surface area contributed by atoms with Gasteiger partial charge in [0.25, 0.3) is 5.56 Å². The zero-order chi connectivity index (χ0) is 19.3. The highest BCUT2D eigenvalue weighted by Gasteiger charge is 2.35. The number of fused-ring (bicyclic) bond motifs is 2. The number of hydrogen-bond acceptors (Lipinski definition) is 5. The molecule has 0 spiro atoms. The maximum Gasteiger partial charge on any atom is 0.356 e. The molecule has 2 aromatic rings. The molecule has 2 aromatic heterocycles. The van der Waals surface area contributed by atoms with Gasteiger partial charge in [0, 0.05) is 44.0 Å². The second kappa shape index (κ2) is 6.60. The minimum atomic E-state index is -0.961. The Morgan fingerprint density at radius 3 is 2.78 bits per heavy atom. The summed E-state index contributed by atoms with van der Waals surface area (Å²) in [6, 6.07) is 0.203. The average Bonchev–Trinajstić information content (AvgIpc) is 3.22. The summed E-state index contributed by atoms with van der Waals surface area (Å²) in [5, 5.41) is 13.9. The average molecular weight is 371 g/mol. The lowest BCUT2D eigenvalue weighted by Gasteiger charge is -2.31. The van der Waals surface area contributed by atoms with Crippen molar-refractivity contribution in [2.45, 2.75) is 65.2 Å². The molecule has 27 heavy (non-hydrogen) atoms. The van der Waals surface area contributed by atoms with Crippen LogP contribution in [0.5, 0.6) is 0 Å². The molecule has 2 aliphatic rings. The zero-order valence-corrected chi connectivity index (χ0v) is 16.0. The van der Waals surface area contributed by atoms with Crippen LogP contribution in [0.3, 0.4) is 0 Å². The van der Waals surface area contributed by atoms with Crippen LogP contribution in [-0.4, -0.2) is 41.3 Å². The van der Waals surface area contributed by atoms with Gasteiger partial charge in [0.05, 0.1) is 11.3 Å². The number of nitrogens with zero attached hydrogens (tertiary/aromatic N) is 5. The van der Waals surface area contributed by atoms with Crippen molar-refractivity contribution < 1.29 is 9.90 Å². The van der Waals surface area contributed by atoms with E-state index in [2.05, 4.69) is 21.9 Å². The van der Waals surface area contributed by atoms with Gasteiger partial charge >= 0.3 is 5.97 Å². The maximum absolute atomic E-state index is 12.5. The van der Waals surface area contributed by atoms with Crippen LogP contribution in [0.25, 0.3) is 0 Å². The predicted octanol–water partition coefficient (Wildman–Crippen LogP) is 1.27. The minimum Gasteiger partial charge on any atom is -0.476 e. The molecule has 8 nitrogen and oxygen atoms in total. The summed E-state index contributed by atoms with van der Waals surface area (Å²) >= 11 is 0. The summed E-state index contributed by atoms with van der Waals surface area (Å²) < 4.78 is 3.47. The Morgan fingerprint density at radius 1 is 1.30 bits per heavy atom. The molecule has 4 rings (SSSR count). The van der Waals surface area contributed by atoms with E-state index < -0.39 is 5.97 Å². The monoisotopic (exact) mass is 371 g/mol. The fourth-order valence-corrected chi connectivity index (χ4v) is 4.36. The quantitative estimate of drug-likeness (QED) is 0.870. The smallest absolute Gasteiger partial charge is 0.356 e. The van der Waals surface area contributed by atoms with E-state index in [1.165, 1.54) is 0 Å². The van der Waals surface area contributed by atoms with E-state index in [1.807, 2.05) is 11.6 Å². The van der Waals surface area contributed by atoms with E-state index in [1.54, 1.807) is 11.6 Å². The Labute approximate surface area is 157 Å². The molecule has 1 N–H and O–H groups in total. The van der Waals surface area contributed by atoms with Crippen molar-refractivity contribution in [1.29, 1.82) is 0 Å². The lowest BCUT2D eigenvalue weighted by Crippen LogP contribution is -2.36. The van der Waals surface area contributed by atoms with Crippen molar-refractivity contribution >= 4 is 5.97 Å². The number of carbonyl (C=O) groups is 1. The van der Waals surface area contributed by atoms with Crippen LogP contribution in [0, 0.1) is 6.92 Å². The standard InChI is InChI=1S/C19H25N5O3/c1-4-7-24-16-6-5-12(8-13(16)17(21-24)19(26)27)23-9-14-15(10-23)20-11(2)22(3)18(14)25/h12H,4-10H2,1-3H3,(H,26,27). The van der Waals surface area contributed by atoms with E-state index >= 15 is 0 Å². The van der Waals surface area contributed by atoms with Gasteiger partial charge in [-0.15, -0.1) is 0 Å². The van der Waals surface area contributed by atoms with Crippen molar-refractivity contribution in [3.63, 3.8) is 0 Å². The summed E-state index contributed by atoms with van der Waals surface area (Å²) in [5.74, 6) is -0.238. The summed E-state index contributed by atoms with van der Waals surface area (Å²) in [7, 11) is 1.75. The molecular formula is C19H25N5O3. The molecule has 8 heteroatoms. The first-order valence-corrected chi connectivity index (χ1v) is 9.52. The van der Waals surface area contributed by atoms with Gasteiger partial charge in [-0.05, 0) is 32.6 Å². The topological polar surface area (TPSA) is 93.2 Å². The number of aryl methyl sites for hydroxylation is 2. The third-order valence-corrected chi connectivity index (χ3v) is 5.88. The van der Waals surface area contributed by atoms with Crippen molar-refractivity contribution in [3.05, 3.63) is 44.4 Å². The third kappa shape index (κ3) is 2.88. The molecular weight excluding hydrogens is 346 g/mol. The van der Waals surface area contributed by atoms with Crippen LogP contribution in [0.4, 0.5) is 0 Å². The van der Waals surface area contributed by atoms with E-state index in [-0.39, 0.29) is 17.3 Å². The Bertz CT molecular complexity index is 975. The molecule has 0 fully saturated rings. The maximum atomic E-state index is 12.5. The Morgan fingerprint density at radius 2 is 2.07 bits per heavy atom. The normalized spacial score (nSPS) is 19.1. The first kappa shape index (κ1) is 17.9. The van der Waals surface area contributed by atoms with Gasteiger partial charge in [-0.2, -0.15) is 5.10 Å². The molecule has 0 aromatic carbocycles. The molecule has 1 aliphatic carbocycles. The van der Waals surface area contributed by atoms with Crippen molar-refractivity contribution in [1.82, 2.24) is 24.2 Å². The van der Waals surface area contributed by atoms with Crippen LogP contribution in [0.15, 0.2) is 4.79 Å². The zero-order valence-electron chi connectivity index (χ0n) is 16.0. The largest absolute Gasteiger partial charge is 0.476 e. The molecule has 0 bridgehead atoms. The molecule has 0 saturated carbocycles. The van der Waals surface area contributed by atoms with E-state index in [0.717, 1.165) is 54.1 Å². The highest BCUT2D eigenvalue weighted by molar-refractivity contribution is 5.87. The van der Waals surface area contributed by atoms with Gasteiger partial charge in [-0.1, -0.05) is 6.92 Å². The van der Waals surface area contributed by atoms with Gasteiger partial charge in [0.2, 0.25) is 0 Å². The van der Waals surface area contributed by atoms with Crippen LogP contribution < -0.4 is 5.56 Å². The fraction of sp³-hybridized carbons (Fsp3) is 0.579. The Hall–Kier alpha value is -2.48. The third-order valence-electron chi connectivity index (χ3n) is 5.88. The summed E-state index contributed by atoms with van der Waals surface area (Å²) in [6.07, 6.45) is 3.34. The lowest BCUT2D eigenvalue weighted by molar-refractivity contribution is 0.0687. The molecule has 144 valence electrons. The number of rotatable bonds is 4. The van der Waals surface area contributed by atoms with Crippen molar-refractivity contribution in [3.8, 4) is 0 Å². The van der Waals surface area contributed by atoms with Gasteiger partial charge in [-0.3, -0.25) is 18.9 Å². The summed E-state index contributed by atoms with van der Waals surface area (Å²) in [6.45, 7) is 5.89. The number of carboxylic acids is 1. The number of hydrogen-bond donors (Lipinski definition) is 1. The van der Waals surface area contributed by atoms with Crippen LogP contribution in [0.2, 0.25) is 0 Å². The fourth-order valence-electron chi connectivity index (χ4n) is 4.36. The van der Waals surface area contributed by atoms with E-state index in [9.17, 15) is 14.7 Å². The second-order valence-corrected chi connectivity index (χ2v) is 7.55. The second-order valence-electron chi connectivity index (χ2n) is 7.55. The first-order chi connectivity index (χ1) is 12.9. The Kier molecular flexibility index (Phi) is 4.38. The number of aromatic carboxylic acids is 1. The van der Waals surface area contributed by atoms with E-state index in [0.29, 0.717) is 19.5 Å². The van der Waals surface area contributed by atoms with Gasteiger partial charge in [0.15, 0.2) is 5.69 Å². The number of carboxylic acid groups (broad SMARTS) is 1. The van der Waals surface area contributed by atoms with Gasteiger partial charge in [-0.25, -0.2) is 9.78 Å². The molecule has 3 heterocycles. The van der Waals surface area contributed by atoms with Crippen LogP contribution in [0.1, 0.15) is 58.6 Å². The molecule has 0 radical (unpaired) electrons. The molecule has 1 aliphatic heterocycles. The molecule has 1 atom stereocenters. The lowest BCUT2D eigenvalue weighted by atomic mass is 9.90. The predicted molar refractivity (Wildman–Crippen MR) is 98.8 cm³/mol. The van der Waals surface area contributed by atoms with E-state index in [4.69, 9.17) is 0 Å². The van der Waals surface area contributed by atoms with Crippen molar-refractivity contribution in [2.75, 3.05) is 0 Å². The minimum absolute atomic E-state index is 0.0264. The van der Waals surface area contributed by atoms with Crippen molar-refractivity contribution in [2.24, 2.45) is 7.05 Å². The molecule has 0 saturated heterocycles. The molecule has 1 unspecified atom stereocenters. The van der Waals surface area contributed by atoms with Crippen LogP contribution in [-0.2, 0) is 39.5 Å². The highest BCUT2D eigenvalue weighted by atomic mass is 16.4. The van der Waals surface area contributed by atoms with Gasteiger partial charge in [0.1, 0.15) is 5.82 Å². The summed E-state index contributed by atoms with van der Waals surface area (Å²) in [5.41, 5.74) is 3.77. The van der Waals surface area contributed by atoms with Crippen LogP contribution >= 0.6 is 0 Å². The highest BCUT2D eigenvalue weighted by Crippen LogP contribution is 2.31. The first-order valence-electron chi connectivity index (χ1n) is 9.52.